The number of nitrogens with zero attached hydrogens (tertiary/aromatic N) is 1. The molecule has 0 bridgehead atoms. The number of rotatable bonds is 5. The maximum atomic E-state index is 12.2. The standard InChI is InChI=1S/C19H22ClNO4/c1-4-7-25-18(24)13-8-12(5-6-15(13)20)21-11-14-16(22)9-19(2,3)10-17(14)23/h5-6,8,11,22H,4,7,9-10H2,1-3H3. The number of carbonyl (C=O) groups is 2. The molecule has 1 aromatic rings. The van der Waals surface area contributed by atoms with Crippen LogP contribution in [-0.4, -0.2) is 29.7 Å². The molecule has 134 valence electrons. The van der Waals surface area contributed by atoms with Gasteiger partial charge in [-0.1, -0.05) is 32.4 Å². The summed E-state index contributed by atoms with van der Waals surface area (Å²) < 4.78 is 5.09. The van der Waals surface area contributed by atoms with Crippen molar-refractivity contribution >= 4 is 35.3 Å². The summed E-state index contributed by atoms with van der Waals surface area (Å²) in [6, 6.07) is 4.69. The van der Waals surface area contributed by atoms with E-state index >= 15 is 0 Å². The van der Waals surface area contributed by atoms with Crippen LogP contribution in [0.2, 0.25) is 5.02 Å². The molecular weight excluding hydrogens is 342 g/mol. The summed E-state index contributed by atoms with van der Waals surface area (Å²) in [6.45, 7) is 6.08. The van der Waals surface area contributed by atoms with Crippen LogP contribution in [0.15, 0.2) is 34.5 Å². The van der Waals surface area contributed by atoms with Gasteiger partial charge in [-0.2, -0.15) is 0 Å². The van der Waals surface area contributed by atoms with Crippen molar-refractivity contribution in [2.24, 2.45) is 10.4 Å². The van der Waals surface area contributed by atoms with E-state index in [1.165, 1.54) is 12.3 Å². The molecule has 0 spiro atoms. The van der Waals surface area contributed by atoms with Crippen molar-refractivity contribution in [3.63, 3.8) is 0 Å². The molecule has 2 rings (SSSR count). The lowest BCUT2D eigenvalue weighted by atomic mass is 9.77. The first-order valence-corrected chi connectivity index (χ1v) is 8.57. The van der Waals surface area contributed by atoms with E-state index < -0.39 is 5.97 Å². The van der Waals surface area contributed by atoms with Crippen LogP contribution in [0.1, 0.15) is 50.4 Å². The molecule has 0 heterocycles. The number of carbonyl (C=O) groups excluding carboxylic acids is 2. The van der Waals surface area contributed by atoms with Crippen molar-refractivity contribution in [1.29, 1.82) is 0 Å². The molecular formula is C19H22ClNO4. The smallest absolute Gasteiger partial charge is 0.339 e. The Kier molecular flexibility index (Phi) is 6.01. The highest BCUT2D eigenvalue weighted by Gasteiger charge is 2.32. The highest BCUT2D eigenvalue weighted by Crippen LogP contribution is 2.35. The summed E-state index contributed by atoms with van der Waals surface area (Å²) in [5.74, 6) is -0.614. The maximum absolute atomic E-state index is 12.2. The SMILES string of the molecule is CCCOC(=O)c1cc(N=CC2=C(O)CC(C)(C)CC2=O)ccc1Cl. The molecule has 1 aromatic carbocycles. The van der Waals surface area contributed by atoms with Crippen LogP contribution in [0.25, 0.3) is 0 Å². The monoisotopic (exact) mass is 363 g/mol. The highest BCUT2D eigenvalue weighted by atomic mass is 35.5. The van der Waals surface area contributed by atoms with E-state index in [1.807, 2.05) is 20.8 Å². The Morgan fingerprint density at radius 3 is 2.76 bits per heavy atom. The summed E-state index contributed by atoms with van der Waals surface area (Å²) in [6.07, 6.45) is 2.84. The number of hydrogen-bond donors (Lipinski definition) is 1. The Bertz CT molecular complexity index is 750. The van der Waals surface area contributed by atoms with Crippen molar-refractivity contribution in [1.82, 2.24) is 0 Å². The van der Waals surface area contributed by atoms with Crippen LogP contribution in [0.5, 0.6) is 0 Å². The van der Waals surface area contributed by atoms with Gasteiger partial charge < -0.3 is 9.84 Å². The second-order valence-corrected chi connectivity index (χ2v) is 7.27. The van der Waals surface area contributed by atoms with Gasteiger partial charge in [0.05, 0.1) is 28.5 Å². The molecule has 0 amide bonds. The molecule has 5 nitrogen and oxygen atoms in total. The van der Waals surface area contributed by atoms with Gasteiger partial charge in [-0.3, -0.25) is 9.79 Å². The van der Waals surface area contributed by atoms with Crippen LogP contribution >= 0.6 is 11.6 Å². The Morgan fingerprint density at radius 1 is 1.40 bits per heavy atom. The van der Waals surface area contributed by atoms with E-state index in [2.05, 4.69) is 4.99 Å². The third kappa shape index (κ3) is 4.92. The van der Waals surface area contributed by atoms with Crippen LogP contribution in [0.3, 0.4) is 0 Å². The number of allylic oxidation sites excluding steroid dienone is 2. The van der Waals surface area contributed by atoms with Crippen LogP contribution in [0, 0.1) is 5.41 Å². The molecule has 0 saturated heterocycles. The normalized spacial score (nSPS) is 17.2. The fraction of sp³-hybridized carbons (Fsp3) is 0.421. The van der Waals surface area contributed by atoms with Gasteiger partial charge in [-0.05, 0) is 30.0 Å². The largest absolute Gasteiger partial charge is 0.511 e. The summed E-state index contributed by atoms with van der Waals surface area (Å²) in [4.78, 5) is 28.4. The molecule has 1 aliphatic rings. The van der Waals surface area contributed by atoms with Gasteiger partial charge in [-0.25, -0.2) is 4.79 Å². The number of aliphatic hydroxyl groups is 1. The first kappa shape index (κ1) is 19.2. The van der Waals surface area contributed by atoms with Gasteiger partial charge in [0.1, 0.15) is 5.76 Å². The summed E-state index contributed by atoms with van der Waals surface area (Å²) >= 11 is 6.04. The zero-order valence-corrected chi connectivity index (χ0v) is 15.4. The lowest BCUT2D eigenvalue weighted by Crippen LogP contribution is -2.26. The molecule has 0 saturated carbocycles. The third-order valence-corrected chi connectivity index (χ3v) is 4.18. The molecule has 0 aromatic heterocycles. The second kappa shape index (κ2) is 7.83. The molecule has 0 fully saturated rings. The Labute approximate surface area is 152 Å². The van der Waals surface area contributed by atoms with E-state index in [9.17, 15) is 14.7 Å². The Morgan fingerprint density at radius 2 is 2.12 bits per heavy atom. The quantitative estimate of drug-likeness (QED) is 0.601. The zero-order valence-electron chi connectivity index (χ0n) is 14.6. The van der Waals surface area contributed by atoms with Crippen LogP contribution < -0.4 is 0 Å². The Hall–Kier alpha value is -2.14. The van der Waals surface area contributed by atoms with Crippen LogP contribution in [-0.2, 0) is 9.53 Å². The summed E-state index contributed by atoms with van der Waals surface area (Å²) in [5, 5.41) is 10.4. The zero-order chi connectivity index (χ0) is 18.6. The van der Waals surface area contributed by atoms with Gasteiger partial charge >= 0.3 is 5.97 Å². The number of ether oxygens (including phenoxy) is 1. The van der Waals surface area contributed by atoms with E-state index in [-0.39, 0.29) is 33.1 Å². The fourth-order valence-corrected chi connectivity index (χ4v) is 2.80. The van der Waals surface area contributed by atoms with Crippen molar-refractivity contribution in [3.05, 3.63) is 40.1 Å². The minimum Gasteiger partial charge on any atom is -0.511 e. The molecule has 25 heavy (non-hydrogen) atoms. The molecule has 0 unspecified atom stereocenters. The van der Waals surface area contributed by atoms with Crippen LogP contribution in [0.4, 0.5) is 5.69 Å². The second-order valence-electron chi connectivity index (χ2n) is 6.86. The number of aliphatic imine (C=N–C) groups is 1. The molecule has 1 aliphatic carbocycles. The minimum absolute atomic E-state index is 0.0431. The van der Waals surface area contributed by atoms with E-state index in [1.54, 1.807) is 12.1 Å². The number of hydrogen-bond acceptors (Lipinski definition) is 5. The molecule has 0 aliphatic heterocycles. The lowest BCUT2D eigenvalue weighted by Gasteiger charge is -2.28. The van der Waals surface area contributed by atoms with Crippen molar-refractivity contribution in [2.45, 2.75) is 40.0 Å². The van der Waals surface area contributed by atoms with Gasteiger partial charge in [-0.15, -0.1) is 0 Å². The fourth-order valence-electron chi connectivity index (χ4n) is 2.61. The summed E-state index contributed by atoms with van der Waals surface area (Å²) in [7, 11) is 0. The minimum atomic E-state index is -0.513. The lowest BCUT2D eigenvalue weighted by molar-refractivity contribution is -0.117. The third-order valence-electron chi connectivity index (χ3n) is 3.85. The van der Waals surface area contributed by atoms with Gasteiger partial charge in [0.25, 0.3) is 0 Å². The number of benzene rings is 1. The average molecular weight is 364 g/mol. The van der Waals surface area contributed by atoms with E-state index in [0.717, 1.165) is 0 Å². The highest BCUT2D eigenvalue weighted by molar-refractivity contribution is 6.33. The molecule has 6 heteroatoms. The summed E-state index contributed by atoms with van der Waals surface area (Å²) in [5.41, 5.74) is 0.629. The first-order valence-electron chi connectivity index (χ1n) is 8.19. The number of ketones is 1. The van der Waals surface area contributed by atoms with Crippen molar-refractivity contribution in [2.75, 3.05) is 6.61 Å². The number of Topliss-reactive ketones (excluding diaryl/α,β-unsaturated/α-hetero) is 1. The van der Waals surface area contributed by atoms with E-state index in [0.29, 0.717) is 31.6 Å². The van der Waals surface area contributed by atoms with E-state index in [4.69, 9.17) is 16.3 Å². The maximum Gasteiger partial charge on any atom is 0.339 e. The average Bonchev–Trinajstić information content (AvgIpc) is 2.52. The molecule has 0 radical (unpaired) electrons. The van der Waals surface area contributed by atoms with Gasteiger partial charge in [0.2, 0.25) is 0 Å². The number of halogens is 1. The number of aliphatic hydroxyl groups excluding tert-OH is 1. The predicted molar refractivity (Wildman–Crippen MR) is 97.9 cm³/mol. The first-order chi connectivity index (χ1) is 11.7. The topological polar surface area (TPSA) is 76.0 Å². The van der Waals surface area contributed by atoms with Crippen molar-refractivity contribution in [3.8, 4) is 0 Å². The van der Waals surface area contributed by atoms with Gasteiger partial charge in [0.15, 0.2) is 5.78 Å². The number of esters is 1. The Balaban J connectivity index is 2.24. The molecule has 0 atom stereocenters. The predicted octanol–water partition coefficient (Wildman–Crippen LogP) is 4.81. The van der Waals surface area contributed by atoms with Gasteiger partial charge in [0, 0.05) is 19.1 Å². The van der Waals surface area contributed by atoms with Crippen molar-refractivity contribution < 1.29 is 19.4 Å². The molecule has 1 N–H and O–H groups in total.